The lowest BCUT2D eigenvalue weighted by Gasteiger charge is -2.14. The van der Waals surface area contributed by atoms with E-state index >= 15 is 0 Å². The van der Waals surface area contributed by atoms with Crippen molar-refractivity contribution in [2.75, 3.05) is 12.4 Å². The first-order chi connectivity index (χ1) is 9.92. The van der Waals surface area contributed by atoms with Crippen molar-refractivity contribution in [2.45, 2.75) is 32.2 Å². The van der Waals surface area contributed by atoms with Crippen molar-refractivity contribution in [3.8, 4) is 5.75 Å². The number of halogens is 1. The topological polar surface area (TPSA) is 87.7 Å². The number of nitrogens with one attached hydrogen (secondary N) is 2. The van der Waals surface area contributed by atoms with Gasteiger partial charge in [0, 0.05) is 24.2 Å². The molecule has 0 heterocycles. The maximum atomic E-state index is 13.2. The normalized spacial score (nSPS) is 11.6. The molecule has 1 atom stereocenters. The molecule has 1 aromatic rings. The van der Waals surface area contributed by atoms with Crippen LogP contribution in [0.5, 0.6) is 5.75 Å². The highest BCUT2D eigenvalue weighted by molar-refractivity contribution is 5.89. The Hall–Kier alpha value is -2.31. The summed E-state index contributed by atoms with van der Waals surface area (Å²) in [6.07, 6.45) is 1.12. The van der Waals surface area contributed by atoms with Crippen LogP contribution in [-0.2, 0) is 4.79 Å². The number of ether oxygens (including phenoxy) is 1. The Balaban J connectivity index is 2.44. The fraction of sp³-hybridized carbons (Fsp3) is 0.429. The molecule has 6 nitrogen and oxygen atoms in total. The van der Waals surface area contributed by atoms with Crippen LogP contribution in [0.3, 0.4) is 0 Å². The molecule has 0 aliphatic carbocycles. The smallest absolute Gasteiger partial charge is 0.319 e. The van der Waals surface area contributed by atoms with Crippen molar-refractivity contribution < 1.29 is 23.8 Å². The largest absolute Gasteiger partial charge is 0.494 e. The highest BCUT2D eigenvalue weighted by Gasteiger charge is 2.10. The van der Waals surface area contributed by atoms with E-state index in [1.807, 2.05) is 0 Å². The Labute approximate surface area is 122 Å². The molecular formula is C14H19FN2O4. The molecule has 0 radical (unpaired) electrons. The van der Waals surface area contributed by atoms with E-state index in [9.17, 15) is 14.0 Å². The summed E-state index contributed by atoms with van der Waals surface area (Å²) in [6, 6.07) is 3.40. The summed E-state index contributed by atoms with van der Waals surface area (Å²) in [4.78, 5) is 22.1. The summed E-state index contributed by atoms with van der Waals surface area (Å²) in [5.74, 6) is -1.32. The highest BCUT2D eigenvalue weighted by Crippen LogP contribution is 2.21. The highest BCUT2D eigenvalue weighted by atomic mass is 19.1. The third-order valence-corrected chi connectivity index (χ3v) is 2.81. The number of amides is 2. The molecule has 0 fully saturated rings. The van der Waals surface area contributed by atoms with E-state index in [0.717, 1.165) is 0 Å². The van der Waals surface area contributed by atoms with Gasteiger partial charge in [-0.1, -0.05) is 0 Å². The van der Waals surface area contributed by atoms with E-state index in [0.29, 0.717) is 18.5 Å². The number of urea groups is 1. The first-order valence-corrected chi connectivity index (χ1v) is 6.55. The van der Waals surface area contributed by atoms with Gasteiger partial charge < -0.3 is 20.5 Å². The minimum atomic E-state index is -0.856. The van der Waals surface area contributed by atoms with Crippen LogP contribution in [0.1, 0.15) is 26.2 Å². The zero-order chi connectivity index (χ0) is 15.8. The average molecular weight is 298 g/mol. The van der Waals surface area contributed by atoms with Crippen LogP contribution in [0.25, 0.3) is 0 Å². The number of aliphatic carboxylic acids is 1. The van der Waals surface area contributed by atoms with Gasteiger partial charge in [0.2, 0.25) is 0 Å². The van der Waals surface area contributed by atoms with E-state index < -0.39 is 17.8 Å². The molecule has 0 aromatic heterocycles. The second-order valence-corrected chi connectivity index (χ2v) is 4.63. The lowest BCUT2D eigenvalue weighted by molar-refractivity contribution is -0.137. The Morgan fingerprint density at radius 2 is 2.14 bits per heavy atom. The SMILES string of the molecule is COc1cc(NC(=O)NC(C)CCCC(=O)O)ccc1F. The zero-order valence-electron chi connectivity index (χ0n) is 12.0. The number of benzene rings is 1. The minimum absolute atomic E-state index is 0.0438. The van der Waals surface area contributed by atoms with Crippen LogP contribution >= 0.6 is 0 Å². The number of carboxylic acid groups (broad SMARTS) is 1. The summed E-state index contributed by atoms with van der Waals surface area (Å²) in [7, 11) is 1.34. The summed E-state index contributed by atoms with van der Waals surface area (Å²) >= 11 is 0. The second kappa shape index (κ2) is 8.08. The molecule has 1 unspecified atom stereocenters. The number of anilines is 1. The summed E-state index contributed by atoms with van der Waals surface area (Å²) < 4.78 is 18.0. The number of hydrogen-bond donors (Lipinski definition) is 3. The van der Waals surface area contributed by atoms with Gasteiger partial charge in [0.05, 0.1) is 7.11 Å². The van der Waals surface area contributed by atoms with Crippen LogP contribution in [0.15, 0.2) is 18.2 Å². The molecule has 1 rings (SSSR count). The van der Waals surface area contributed by atoms with Crippen molar-refractivity contribution in [1.29, 1.82) is 0 Å². The van der Waals surface area contributed by atoms with Gasteiger partial charge >= 0.3 is 12.0 Å². The predicted octanol–water partition coefficient (Wildman–Crippen LogP) is 2.60. The quantitative estimate of drug-likeness (QED) is 0.722. The van der Waals surface area contributed by atoms with Crippen molar-refractivity contribution in [1.82, 2.24) is 5.32 Å². The van der Waals surface area contributed by atoms with Crippen molar-refractivity contribution in [3.63, 3.8) is 0 Å². The Morgan fingerprint density at radius 1 is 1.43 bits per heavy atom. The minimum Gasteiger partial charge on any atom is -0.494 e. The van der Waals surface area contributed by atoms with Gasteiger partial charge in [-0.25, -0.2) is 9.18 Å². The van der Waals surface area contributed by atoms with Crippen molar-refractivity contribution in [2.24, 2.45) is 0 Å². The number of hydrogen-bond acceptors (Lipinski definition) is 3. The fourth-order valence-electron chi connectivity index (χ4n) is 1.76. The van der Waals surface area contributed by atoms with Gasteiger partial charge in [-0.05, 0) is 31.9 Å². The second-order valence-electron chi connectivity index (χ2n) is 4.63. The number of rotatable bonds is 7. The average Bonchev–Trinajstić information content (AvgIpc) is 2.40. The number of carbonyl (C=O) groups excluding carboxylic acids is 1. The van der Waals surface area contributed by atoms with Gasteiger partial charge in [0.25, 0.3) is 0 Å². The molecule has 7 heteroatoms. The first-order valence-electron chi connectivity index (χ1n) is 6.55. The maximum Gasteiger partial charge on any atom is 0.319 e. The number of methoxy groups -OCH3 is 1. The first kappa shape index (κ1) is 16.7. The number of carboxylic acids is 1. The summed E-state index contributed by atoms with van der Waals surface area (Å²) in [5, 5.41) is 13.8. The molecule has 2 amide bonds. The van der Waals surface area contributed by atoms with E-state index in [-0.39, 0.29) is 18.2 Å². The monoisotopic (exact) mass is 298 g/mol. The van der Waals surface area contributed by atoms with Crippen LogP contribution in [-0.4, -0.2) is 30.3 Å². The molecule has 0 saturated heterocycles. The van der Waals surface area contributed by atoms with E-state index in [2.05, 4.69) is 10.6 Å². The molecule has 21 heavy (non-hydrogen) atoms. The molecule has 0 spiro atoms. The van der Waals surface area contributed by atoms with Crippen molar-refractivity contribution >= 4 is 17.7 Å². The molecule has 3 N–H and O–H groups in total. The van der Waals surface area contributed by atoms with Gasteiger partial charge in [-0.3, -0.25) is 4.79 Å². The molecule has 0 bridgehead atoms. The summed E-state index contributed by atoms with van der Waals surface area (Å²) in [6.45, 7) is 1.78. The van der Waals surface area contributed by atoms with Gasteiger partial charge in [0.15, 0.2) is 11.6 Å². The standard InChI is InChI=1S/C14H19FN2O4/c1-9(4-3-5-13(18)19)16-14(20)17-10-6-7-11(15)12(8-10)21-2/h6-9H,3-5H2,1-2H3,(H,18,19)(H2,16,17,20). The lowest BCUT2D eigenvalue weighted by Crippen LogP contribution is -2.36. The Kier molecular flexibility index (Phi) is 6.45. The Bertz CT molecular complexity index is 508. The molecule has 0 saturated carbocycles. The van der Waals surface area contributed by atoms with Gasteiger partial charge in [0.1, 0.15) is 0 Å². The fourth-order valence-corrected chi connectivity index (χ4v) is 1.76. The molecule has 1 aromatic carbocycles. The molecule has 0 aliphatic rings. The van der Waals surface area contributed by atoms with E-state index in [1.54, 1.807) is 6.92 Å². The summed E-state index contributed by atoms with van der Waals surface area (Å²) in [5.41, 5.74) is 0.406. The maximum absolute atomic E-state index is 13.2. The zero-order valence-corrected chi connectivity index (χ0v) is 12.0. The molecular weight excluding hydrogens is 279 g/mol. The van der Waals surface area contributed by atoms with Gasteiger partial charge in [-0.15, -0.1) is 0 Å². The van der Waals surface area contributed by atoms with Crippen LogP contribution in [0, 0.1) is 5.82 Å². The Morgan fingerprint density at radius 3 is 2.76 bits per heavy atom. The third kappa shape index (κ3) is 6.11. The lowest BCUT2D eigenvalue weighted by atomic mass is 10.1. The predicted molar refractivity (Wildman–Crippen MR) is 76.1 cm³/mol. The number of carbonyl (C=O) groups is 2. The van der Waals surface area contributed by atoms with Crippen molar-refractivity contribution in [3.05, 3.63) is 24.0 Å². The van der Waals surface area contributed by atoms with Crippen LogP contribution < -0.4 is 15.4 Å². The van der Waals surface area contributed by atoms with Crippen LogP contribution in [0.4, 0.5) is 14.9 Å². The molecule has 116 valence electrons. The van der Waals surface area contributed by atoms with E-state index in [4.69, 9.17) is 9.84 Å². The van der Waals surface area contributed by atoms with Crippen LogP contribution in [0.2, 0.25) is 0 Å². The van der Waals surface area contributed by atoms with E-state index in [1.165, 1.54) is 25.3 Å². The third-order valence-electron chi connectivity index (χ3n) is 2.81. The van der Waals surface area contributed by atoms with Gasteiger partial charge in [-0.2, -0.15) is 0 Å². The molecule has 0 aliphatic heterocycles.